The van der Waals surface area contributed by atoms with E-state index < -0.39 is 9.84 Å². The summed E-state index contributed by atoms with van der Waals surface area (Å²) in [7, 11) is -0.254. The molecule has 6 nitrogen and oxygen atoms in total. The zero-order chi connectivity index (χ0) is 16.3. The number of anilines is 1. The molecule has 0 N–H and O–H groups in total. The third-order valence-corrected chi connectivity index (χ3v) is 4.24. The summed E-state index contributed by atoms with van der Waals surface area (Å²) in [6, 6.07) is 9.29. The number of amides is 1. The molecule has 0 atom stereocenters. The van der Waals surface area contributed by atoms with E-state index in [1.807, 2.05) is 0 Å². The second-order valence-electron chi connectivity index (χ2n) is 4.72. The quantitative estimate of drug-likeness (QED) is 0.858. The van der Waals surface area contributed by atoms with Crippen molar-refractivity contribution in [3.63, 3.8) is 0 Å². The smallest absolute Gasteiger partial charge is 0.258 e. The van der Waals surface area contributed by atoms with Crippen molar-refractivity contribution in [2.45, 2.75) is 4.90 Å². The average molecular weight is 320 g/mol. The molecule has 0 spiro atoms. The summed E-state index contributed by atoms with van der Waals surface area (Å²) in [4.78, 5) is 18.0. The number of carbonyl (C=O) groups excluding carboxylic acids is 1. The van der Waals surface area contributed by atoms with Gasteiger partial charge in [-0.1, -0.05) is 6.07 Å². The minimum atomic E-state index is -3.36. The Morgan fingerprint density at radius 2 is 1.95 bits per heavy atom. The van der Waals surface area contributed by atoms with Crippen molar-refractivity contribution < 1.29 is 17.9 Å². The topological polar surface area (TPSA) is 76.6 Å². The van der Waals surface area contributed by atoms with Crippen LogP contribution in [-0.2, 0) is 9.84 Å². The molecule has 2 aromatic rings. The lowest BCUT2D eigenvalue weighted by molar-refractivity contribution is 0.0992. The van der Waals surface area contributed by atoms with Crippen LogP contribution in [0.25, 0.3) is 0 Å². The molecular formula is C15H16N2O4S. The van der Waals surface area contributed by atoms with Crippen LogP contribution in [0.15, 0.2) is 47.5 Å². The number of methoxy groups -OCH3 is 1. The Hall–Kier alpha value is -2.41. The van der Waals surface area contributed by atoms with Crippen LogP contribution < -0.4 is 9.64 Å². The Morgan fingerprint density at radius 3 is 2.50 bits per heavy atom. The third kappa shape index (κ3) is 3.43. The third-order valence-electron chi connectivity index (χ3n) is 3.13. The van der Waals surface area contributed by atoms with Crippen LogP contribution in [0.3, 0.4) is 0 Å². The summed E-state index contributed by atoms with van der Waals surface area (Å²) in [5.41, 5.74) is 0.872. The standard InChI is InChI=1S/C15H16N2O4S/c1-17(12-7-8-14(21-2)16-10-12)15(18)11-5-4-6-13(9-11)22(3,19)20/h4-10H,1-3H3. The zero-order valence-electron chi connectivity index (χ0n) is 12.5. The minimum Gasteiger partial charge on any atom is -0.481 e. The van der Waals surface area contributed by atoms with E-state index in [9.17, 15) is 13.2 Å². The fraction of sp³-hybridized carbons (Fsp3) is 0.200. The van der Waals surface area contributed by atoms with Gasteiger partial charge in [0.05, 0.1) is 23.9 Å². The van der Waals surface area contributed by atoms with E-state index in [4.69, 9.17) is 4.74 Å². The molecular weight excluding hydrogens is 304 g/mol. The predicted molar refractivity (Wildman–Crippen MR) is 83.1 cm³/mol. The molecule has 1 heterocycles. The highest BCUT2D eigenvalue weighted by molar-refractivity contribution is 7.90. The van der Waals surface area contributed by atoms with Crippen molar-refractivity contribution in [3.8, 4) is 5.88 Å². The molecule has 1 aromatic heterocycles. The SMILES string of the molecule is COc1ccc(N(C)C(=O)c2cccc(S(C)(=O)=O)c2)cn1. The van der Waals surface area contributed by atoms with Gasteiger partial charge >= 0.3 is 0 Å². The van der Waals surface area contributed by atoms with E-state index in [0.717, 1.165) is 6.26 Å². The Morgan fingerprint density at radius 1 is 1.23 bits per heavy atom. The molecule has 7 heteroatoms. The summed E-state index contributed by atoms with van der Waals surface area (Å²) in [6.07, 6.45) is 2.62. The summed E-state index contributed by atoms with van der Waals surface area (Å²) in [5, 5.41) is 0. The summed E-state index contributed by atoms with van der Waals surface area (Å²) in [5.74, 6) is 0.126. The maximum Gasteiger partial charge on any atom is 0.258 e. The van der Waals surface area contributed by atoms with Crippen molar-refractivity contribution in [2.75, 3.05) is 25.3 Å². The van der Waals surface area contributed by atoms with Crippen LogP contribution in [0.1, 0.15) is 10.4 Å². The van der Waals surface area contributed by atoms with Gasteiger partial charge in [0.2, 0.25) is 5.88 Å². The number of hydrogen-bond acceptors (Lipinski definition) is 5. The maximum absolute atomic E-state index is 12.5. The molecule has 0 aliphatic rings. The van der Waals surface area contributed by atoms with Gasteiger partial charge in [0.25, 0.3) is 5.91 Å². The van der Waals surface area contributed by atoms with Crippen molar-refractivity contribution in [1.29, 1.82) is 0 Å². The second-order valence-corrected chi connectivity index (χ2v) is 6.74. The second kappa shape index (κ2) is 6.15. The Kier molecular flexibility index (Phi) is 4.46. The average Bonchev–Trinajstić information content (AvgIpc) is 2.53. The zero-order valence-corrected chi connectivity index (χ0v) is 13.3. The molecule has 0 radical (unpaired) electrons. The van der Waals surface area contributed by atoms with E-state index >= 15 is 0 Å². The van der Waals surface area contributed by atoms with Crippen LogP contribution in [0.4, 0.5) is 5.69 Å². The van der Waals surface area contributed by atoms with E-state index in [1.165, 1.54) is 30.3 Å². The van der Waals surface area contributed by atoms with Gasteiger partial charge in [0.15, 0.2) is 9.84 Å². The first-order valence-corrected chi connectivity index (χ1v) is 8.30. The van der Waals surface area contributed by atoms with Gasteiger partial charge in [-0.2, -0.15) is 0 Å². The number of aromatic nitrogens is 1. The van der Waals surface area contributed by atoms with Crippen LogP contribution in [0.5, 0.6) is 5.88 Å². The number of rotatable bonds is 4. The fourth-order valence-electron chi connectivity index (χ4n) is 1.86. The summed E-state index contributed by atoms with van der Waals surface area (Å²) < 4.78 is 28.1. The number of benzene rings is 1. The molecule has 0 saturated heterocycles. The highest BCUT2D eigenvalue weighted by Gasteiger charge is 2.16. The number of ether oxygens (including phenoxy) is 1. The van der Waals surface area contributed by atoms with Crippen LogP contribution >= 0.6 is 0 Å². The van der Waals surface area contributed by atoms with Crippen molar-refractivity contribution in [3.05, 3.63) is 48.2 Å². The van der Waals surface area contributed by atoms with Gasteiger partial charge in [-0.05, 0) is 24.3 Å². The molecule has 1 aromatic carbocycles. The number of sulfone groups is 1. The van der Waals surface area contributed by atoms with Crippen molar-refractivity contribution in [2.24, 2.45) is 0 Å². The summed E-state index contributed by atoms with van der Waals surface area (Å²) in [6.45, 7) is 0. The lowest BCUT2D eigenvalue weighted by atomic mass is 10.2. The monoisotopic (exact) mass is 320 g/mol. The normalized spacial score (nSPS) is 11.0. The molecule has 116 valence electrons. The Bertz CT molecular complexity index is 785. The van der Waals surface area contributed by atoms with Crippen LogP contribution in [0, 0.1) is 0 Å². The lowest BCUT2D eigenvalue weighted by Gasteiger charge is -2.17. The van der Waals surface area contributed by atoms with Crippen molar-refractivity contribution >= 4 is 21.4 Å². The molecule has 0 aliphatic carbocycles. The Labute approximate surface area is 129 Å². The molecule has 0 fully saturated rings. The first kappa shape index (κ1) is 16.0. The highest BCUT2D eigenvalue weighted by Crippen LogP contribution is 2.18. The molecule has 0 saturated carbocycles. The van der Waals surface area contributed by atoms with Gasteiger partial charge in [0, 0.05) is 24.9 Å². The first-order valence-electron chi connectivity index (χ1n) is 6.41. The predicted octanol–water partition coefficient (Wildman–Crippen LogP) is 1.77. The molecule has 1 amide bonds. The van der Waals surface area contributed by atoms with Gasteiger partial charge in [0.1, 0.15) is 0 Å². The van der Waals surface area contributed by atoms with E-state index in [0.29, 0.717) is 17.1 Å². The number of carbonyl (C=O) groups is 1. The molecule has 0 unspecified atom stereocenters. The number of hydrogen-bond donors (Lipinski definition) is 0. The minimum absolute atomic E-state index is 0.111. The van der Waals surface area contributed by atoms with Gasteiger partial charge in [-0.25, -0.2) is 13.4 Å². The van der Waals surface area contributed by atoms with Gasteiger partial charge in [-0.15, -0.1) is 0 Å². The number of nitrogens with zero attached hydrogens (tertiary/aromatic N) is 2. The van der Waals surface area contributed by atoms with Crippen LogP contribution in [-0.4, -0.2) is 39.7 Å². The number of pyridine rings is 1. The first-order chi connectivity index (χ1) is 10.3. The van der Waals surface area contributed by atoms with Crippen molar-refractivity contribution in [1.82, 2.24) is 4.98 Å². The Balaban J connectivity index is 2.30. The van der Waals surface area contributed by atoms with E-state index in [2.05, 4.69) is 4.98 Å². The highest BCUT2D eigenvalue weighted by atomic mass is 32.2. The molecule has 2 rings (SSSR count). The lowest BCUT2D eigenvalue weighted by Crippen LogP contribution is -2.26. The largest absolute Gasteiger partial charge is 0.481 e. The van der Waals surface area contributed by atoms with E-state index in [-0.39, 0.29) is 10.8 Å². The summed E-state index contributed by atoms with van der Waals surface area (Å²) >= 11 is 0. The van der Waals surface area contributed by atoms with Gasteiger partial charge < -0.3 is 9.64 Å². The molecule has 0 aliphatic heterocycles. The fourth-order valence-corrected chi connectivity index (χ4v) is 2.53. The molecule has 0 bridgehead atoms. The van der Waals surface area contributed by atoms with Gasteiger partial charge in [-0.3, -0.25) is 4.79 Å². The maximum atomic E-state index is 12.5. The molecule has 22 heavy (non-hydrogen) atoms. The van der Waals surface area contributed by atoms with Crippen LogP contribution in [0.2, 0.25) is 0 Å². The van der Waals surface area contributed by atoms with E-state index in [1.54, 1.807) is 31.3 Å².